The second-order valence-corrected chi connectivity index (χ2v) is 4.68. The summed E-state index contributed by atoms with van der Waals surface area (Å²) in [5, 5.41) is 3.13. The highest BCUT2D eigenvalue weighted by Crippen LogP contribution is 2.17. The smallest absolute Gasteiger partial charge is 0.244 e. The Balaban J connectivity index is 2.12. The molecule has 1 unspecified atom stereocenters. The third-order valence-electron chi connectivity index (χ3n) is 2.56. The second-order valence-electron chi connectivity index (χ2n) is 3.87. The number of aryl methyl sites for hydroxylation is 1. The van der Waals surface area contributed by atoms with Gasteiger partial charge in [-0.25, -0.2) is 9.97 Å². The Morgan fingerprint density at radius 1 is 1.56 bits per heavy atom. The van der Waals surface area contributed by atoms with Gasteiger partial charge in [0.2, 0.25) is 5.91 Å². The number of likely N-dealkylation sites (tertiary alicyclic amines) is 1. The highest BCUT2D eigenvalue weighted by Gasteiger charge is 2.29. The van der Waals surface area contributed by atoms with E-state index < -0.39 is 0 Å². The predicted octanol–water partition coefficient (Wildman–Crippen LogP) is 1.19. The molecule has 6 heteroatoms. The molecule has 86 valence electrons. The zero-order valence-corrected chi connectivity index (χ0v) is 10.8. The summed E-state index contributed by atoms with van der Waals surface area (Å²) in [5.41, 5.74) is 0. The zero-order chi connectivity index (χ0) is 11.7. The van der Waals surface area contributed by atoms with Crippen LogP contribution < -0.4 is 5.32 Å². The first-order valence-corrected chi connectivity index (χ1v) is 5.88. The van der Waals surface area contributed by atoms with Gasteiger partial charge in [-0.1, -0.05) is 0 Å². The van der Waals surface area contributed by atoms with Crippen LogP contribution in [0, 0.1) is 6.92 Å². The lowest BCUT2D eigenvalue weighted by Crippen LogP contribution is -2.31. The van der Waals surface area contributed by atoms with Crippen molar-refractivity contribution in [3.63, 3.8) is 0 Å². The van der Waals surface area contributed by atoms with Crippen LogP contribution >= 0.6 is 15.9 Å². The molecule has 1 aromatic heterocycles. The summed E-state index contributed by atoms with van der Waals surface area (Å²) in [6, 6.07) is 1.62. The molecule has 1 atom stereocenters. The van der Waals surface area contributed by atoms with Crippen molar-refractivity contribution in [1.82, 2.24) is 14.9 Å². The number of rotatable bonds is 2. The van der Waals surface area contributed by atoms with E-state index >= 15 is 0 Å². The number of nitrogens with one attached hydrogen (secondary N) is 1. The lowest BCUT2D eigenvalue weighted by Gasteiger charge is -2.13. The maximum Gasteiger partial charge on any atom is 0.244 e. The summed E-state index contributed by atoms with van der Waals surface area (Å²) in [7, 11) is 1.81. The number of halogens is 1. The van der Waals surface area contributed by atoms with Crippen molar-refractivity contribution in [3.8, 4) is 0 Å². The molecule has 5 nitrogen and oxygen atoms in total. The summed E-state index contributed by atoms with van der Waals surface area (Å²) in [6.07, 6.45) is 0.815. The number of anilines is 1. The van der Waals surface area contributed by atoms with Gasteiger partial charge in [-0.05, 0) is 29.3 Å². The molecule has 1 aliphatic heterocycles. The minimum atomic E-state index is -0.161. The molecule has 2 rings (SSSR count). The summed E-state index contributed by atoms with van der Waals surface area (Å²) in [5.74, 6) is 1.48. The standard InChI is InChI=1S/C10H13BrN4O/c1-6-12-8(11)5-9(13-6)14-7-3-4-15(2)10(7)16/h5,7H,3-4H2,1-2H3,(H,12,13,14). The quantitative estimate of drug-likeness (QED) is 0.829. The lowest BCUT2D eigenvalue weighted by atomic mass is 10.2. The van der Waals surface area contributed by atoms with Crippen LogP contribution in [-0.2, 0) is 4.79 Å². The van der Waals surface area contributed by atoms with E-state index in [2.05, 4.69) is 31.2 Å². The largest absolute Gasteiger partial charge is 0.358 e. The van der Waals surface area contributed by atoms with Crippen LogP contribution in [0.1, 0.15) is 12.2 Å². The molecule has 1 N–H and O–H groups in total. The predicted molar refractivity (Wildman–Crippen MR) is 64.1 cm³/mol. The van der Waals surface area contributed by atoms with E-state index in [1.165, 1.54) is 0 Å². The number of nitrogens with zero attached hydrogens (tertiary/aromatic N) is 3. The molecule has 2 heterocycles. The molecule has 0 bridgehead atoms. The van der Waals surface area contributed by atoms with Gasteiger partial charge in [0.05, 0.1) is 0 Å². The van der Waals surface area contributed by atoms with Crippen LogP contribution in [0.5, 0.6) is 0 Å². The van der Waals surface area contributed by atoms with E-state index in [0.29, 0.717) is 11.6 Å². The monoisotopic (exact) mass is 284 g/mol. The molecule has 0 aliphatic carbocycles. The summed E-state index contributed by atoms with van der Waals surface area (Å²) in [6.45, 7) is 2.61. The van der Waals surface area contributed by atoms with E-state index in [0.717, 1.165) is 17.6 Å². The van der Waals surface area contributed by atoms with Crippen molar-refractivity contribution >= 4 is 27.7 Å². The Morgan fingerprint density at radius 2 is 2.31 bits per heavy atom. The minimum Gasteiger partial charge on any atom is -0.358 e. The van der Waals surface area contributed by atoms with Gasteiger partial charge in [0, 0.05) is 19.7 Å². The SMILES string of the molecule is Cc1nc(Br)cc(NC2CCN(C)C2=O)n1. The van der Waals surface area contributed by atoms with Crippen LogP contribution in [0.3, 0.4) is 0 Å². The molecule has 0 saturated carbocycles. The number of likely N-dealkylation sites (N-methyl/N-ethyl adjacent to an activating group) is 1. The molecule has 0 spiro atoms. The van der Waals surface area contributed by atoms with Gasteiger partial charge in [-0.15, -0.1) is 0 Å². The molecule has 16 heavy (non-hydrogen) atoms. The number of hydrogen-bond acceptors (Lipinski definition) is 4. The van der Waals surface area contributed by atoms with Crippen LogP contribution in [0.4, 0.5) is 5.82 Å². The molecule has 1 saturated heterocycles. The van der Waals surface area contributed by atoms with Gasteiger partial charge in [0.25, 0.3) is 0 Å². The van der Waals surface area contributed by atoms with Gasteiger partial charge in [-0.3, -0.25) is 4.79 Å². The molecule has 1 aromatic rings. The van der Waals surface area contributed by atoms with Crippen LogP contribution in [-0.4, -0.2) is 40.4 Å². The fourth-order valence-electron chi connectivity index (χ4n) is 1.74. The van der Waals surface area contributed by atoms with Gasteiger partial charge in [0.15, 0.2) is 0 Å². The second kappa shape index (κ2) is 4.37. The Bertz CT molecular complexity index is 403. The first-order valence-electron chi connectivity index (χ1n) is 5.09. The van der Waals surface area contributed by atoms with Crippen molar-refractivity contribution in [3.05, 3.63) is 16.5 Å². The summed E-state index contributed by atoms with van der Waals surface area (Å²) < 4.78 is 0.723. The third-order valence-corrected chi connectivity index (χ3v) is 2.96. The van der Waals surface area contributed by atoms with Crippen LogP contribution in [0.25, 0.3) is 0 Å². The molecule has 1 amide bonds. The van der Waals surface area contributed by atoms with Crippen molar-refractivity contribution in [2.75, 3.05) is 18.9 Å². The summed E-state index contributed by atoms with van der Waals surface area (Å²) in [4.78, 5) is 21.8. The highest BCUT2D eigenvalue weighted by molar-refractivity contribution is 9.10. The van der Waals surface area contributed by atoms with Crippen molar-refractivity contribution in [1.29, 1.82) is 0 Å². The fourth-order valence-corrected chi connectivity index (χ4v) is 2.21. The van der Waals surface area contributed by atoms with E-state index in [1.54, 1.807) is 11.0 Å². The Kier molecular flexibility index (Phi) is 3.09. The number of carbonyl (C=O) groups excluding carboxylic acids is 1. The van der Waals surface area contributed by atoms with Gasteiger partial charge in [-0.2, -0.15) is 0 Å². The van der Waals surface area contributed by atoms with Gasteiger partial charge < -0.3 is 10.2 Å². The molecule has 0 radical (unpaired) electrons. The molecule has 1 fully saturated rings. The Hall–Kier alpha value is -1.17. The van der Waals surface area contributed by atoms with Gasteiger partial charge in [0.1, 0.15) is 22.3 Å². The highest BCUT2D eigenvalue weighted by atomic mass is 79.9. The molecular weight excluding hydrogens is 272 g/mol. The first kappa shape index (κ1) is 11.3. The van der Waals surface area contributed by atoms with E-state index in [-0.39, 0.29) is 11.9 Å². The molecule has 0 aromatic carbocycles. The molecule has 1 aliphatic rings. The lowest BCUT2D eigenvalue weighted by molar-refractivity contribution is -0.127. The minimum absolute atomic E-state index is 0.118. The number of aromatic nitrogens is 2. The van der Waals surface area contributed by atoms with Crippen molar-refractivity contribution in [2.45, 2.75) is 19.4 Å². The normalized spacial score (nSPS) is 20.3. The van der Waals surface area contributed by atoms with E-state index in [1.807, 2.05) is 14.0 Å². The Morgan fingerprint density at radius 3 is 2.88 bits per heavy atom. The van der Waals surface area contributed by atoms with Crippen LogP contribution in [0.15, 0.2) is 10.7 Å². The van der Waals surface area contributed by atoms with E-state index in [4.69, 9.17) is 0 Å². The average Bonchev–Trinajstić information content (AvgIpc) is 2.48. The van der Waals surface area contributed by atoms with E-state index in [9.17, 15) is 4.79 Å². The maximum absolute atomic E-state index is 11.7. The summed E-state index contributed by atoms with van der Waals surface area (Å²) >= 11 is 3.30. The topological polar surface area (TPSA) is 58.1 Å². The van der Waals surface area contributed by atoms with Crippen LogP contribution in [0.2, 0.25) is 0 Å². The number of amides is 1. The van der Waals surface area contributed by atoms with Crippen molar-refractivity contribution < 1.29 is 4.79 Å². The number of carbonyl (C=O) groups is 1. The number of hydrogen-bond donors (Lipinski definition) is 1. The fraction of sp³-hybridized carbons (Fsp3) is 0.500. The average molecular weight is 285 g/mol. The molecular formula is C10H13BrN4O. The maximum atomic E-state index is 11.7. The first-order chi connectivity index (χ1) is 7.56. The third kappa shape index (κ3) is 2.32. The van der Waals surface area contributed by atoms with Gasteiger partial charge >= 0.3 is 0 Å². The van der Waals surface area contributed by atoms with Crippen molar-refractivity contribution in [2.24, 2.45) is 0 Å². The Labute approximate surface area is 102 Å². The zero-order valence-electron chi connectivity index (χ0n) is 9.20.